The first kappa shape index (κ1) is 27.7. The molecule has 11 nitrogen and oxygen atoms in total. The first-order valence-corrected chi connectivity index (χ1v) is 12.8. The van der Waals surface area contributed by atoms with Crippen molar-refractivity contribution in [1.82, 2.24) is 19.7 Å². The summed E-state index contributed by atoms with van der Waals surface area (Å²) in [7, 11) is 4.79. The predicted octanol–water partition coefficient (Wildman–Crippen LogP) is 4.46. The maximum Gasteiger partial charge on any atom is 0.324 e. The summed E-state index contributed by atoms with van der Waals surface area (Å²) >= 11 is 0. The standard InChI is InChI=1S/C28H36N6O5/c1-28(2,3)22-17-23(33(4)32-22)30-27(36)29-18-8-7-9-20(16-18)39-19-12-14-34(15-13-19)26(35)21-10-11-24(37-5)31-25(21)38-6/h7-11,16-17,19H,12-15H2,1-6H3,(H2,29,30,36). The van der Waals surface area contributed by atoms with Crippen LogP contribution in [0, 0.1) is 0 Å². The fourth-order valence-corrected chi connectivity index (χ4v) is 4.27. The van der Waals surface area contributed by atoms with E-state index in [2.05, 4.69) is 41.5 Å². The molecule has 11 heteroatoms. The van der Waals surface area contributed by atoms with Crippen LogP contribution in [0.4, 0.5) is 16.3 Å². The highest BCUT2D eigenvalue weighted by molar-refractivity contribution is 5.99. The summed E-state index contributed by atoms with van der Waals surface area (Å²) in [6, 6.07) is 12.1. The number of carbonyl (C=O) groups is 2. The Labute approximate surface area is 228 Å². The van der Waals surface area contributed by atoms with Gasteiger partial charge in [0, 0.05) is 62.3 Å². The molecule has 208 valence electrons. The molecule has 3 amide bonds. The van der Waals surface area contributed by atoms with Crippen LogP contribution >= 0.6 is 0 Å². The number of likely N-dealkylation sites (tertiary alicyclic amines) is 1. The number of aryl methyl sites for hydroxylation is 1. The molecule has 3 heterocycles. The largest absolute Gasteiger partial charge is 0.490 e. The second-order valence-corrected chi connectivity index (χ2v) is 10.4. The number of nitrogens with zero attached hydrogens (tertiary/aromatic N) is 4. The summed E-state index contributed by atoms with van der Waals surface area (Å²) in [4.78, 5) is 31.7. The van der Waals surface area contributed by atoms with Crippen molar-refractivity contribution in [1.29, 1.82) is 0 Å². The Bertz CT molecular complexity index is 1320. The van der Waals surface area contributed by atoms with Gasteiger partial charge in [0.25, 0.3) is 5.91 Å². The highest BCUT2D eigenvalue weighted by atomic mass is 16.5. The molecule has 4 rings (SSSR count). The molecule has 0 unspecified atom stereocenters. The van der Waals surface area contributed by atoms with Gasteiger partial charge < -0.3 is 24.4 Å². The molecule has 0 atom stereocenters. The number of hydrogen-bond acceptors (Lipinski definition) is 7. The zero-order chi connectivity index (χ0) is 28.2. The highest BCUT2D eigenvalue weighted by Crippen LogP contribution is 2.26. The number of pyridine rings is 1. The summed E-state index contributed by atoms with van der Waals surface area (Å²) in [5.41, 5.74) is 1.77. The van der Waals surface area contributed by atoms with Crippen molar-refractivity contribution in [2.75, 3.05) is 37.9 Å². The Morgan fingerprint density at radius 2 is 1.74 bits per heavy atom. The van der Waals surface area contributed by atoms with Gasteiger partial charge in [-0.25, -0.2) is 4.79 Å². The molecule has 2 N–H and O–H groups in total. The van der Waals surface area contributed by atoms with Gasteiger partial charge in [0.05, 0.1) is 19.9 Å². The van der Waals surface area contributed by atoms with Crippen molar-refractivity contribution in [3.63, 3.8) is 0 Å². The lowest BCUT2D eigenvalue weighted by molar-refractivity contribution is 0.0592. The third kappa shape index (κ3) is 6.78. The SMILES string of the molecule is COc1ccc(C(=O)N2CCC(Oc3cccc(NC(=O)Nc4cc(C(C)(C)C)nn4C)c3)CC2)c(OC)n1. The number of benzene rings is 1. The molecule has 2 aromatic heterocycles. The lowest BCUT2D eigenvalue weighted by atomic mass is 9.92. The summed E-state index contributed by atoms with van der Waals surface area (Å²) in [5, 5.41) is 10.2. The Balaban J connectivity index is 1.31. The molecular formula is C28H36N6O5. The molecule has 39 heavy (non-hydrogen) atoms. The van der Waals surface area contributed by atoms with E-state index in [1.807, 2.05) is 18.2 Å². The number of anilines is 2. The molecule has 1 aliphatic heterocycles. The van der Waals surface area contributed by atoms with E-state index in [-0.39, 0.29) is 29.3 Å². The number of nitrogens with one attached hydrogen (secondary N) is 2. The van der Waals surface area contributed by atoms with Crippen LogP contribution in [-0.4, -0.2) is 65.0 Å². The van der Waals surface area contributed by atoms with Crippen molar-refractivity contribution in [3.05, 3.63) is 53.7 Å². The number of carbonyl (C=O) groups excluding carboxylic acids is 2. The molecule has 0 aliphatic carbocycles. The number of ether oxygens (including phenoxy) is 3. The second kappa shape index (κ2) is 11.6. The Kier molecular flexibility index (Phi) is 8.27. The summed E-state index contributed by atoms with van der Waals surface area (Å²) < 4.78 is 18.2. The lowest BCUT2D eigenvalue weighted by Crippen LogP contribution is -2.42. The van der Waals surface area contributed by atoms with Crippen LogP contribution in [-0.2, 0) is 12.5 Å². The molecule has 0 spiro atoms. The number of rotatable bonds is 7. The van der Waals surface area contributed by atoms with E-state index in [9.17, 15) is 9.59 Å². The van der Waals surface area contributed by atoms with Gasteiger partial charge in [-0.15, -0.1) is 0 Å². The van der Waals surface area contributed by atoms with E-state index in [1.165, 1.54) is 14.2 Å². The third-order valence-electron chi connectivity index (χ3n) is 6.48. The van der Waals surface area contributed by atoms with Gasteiger partial charge in [0.1, 0.15) is 23.2 Å². The van der Waals surface area contributed by atoms with Crippen LogP contribution in [0.25, 0.3) is 0 Å². The minimum atomic E-state index is -0.370. The van der Waals surface area contributed by atoms with Crippen LogP contribution in [0.5, 0.6) is 17.5 Å². The molecule has 1 saturated heterocycles. The van der Waals surface area contributed by atoms with E-state index in [1.54, 1.807) is 40.9 Å². The van der Waals surface area contributed by atoms with Gasteiger partial charge in [-0.2, -0.15) is 10.1 Å². The average molecular weight is 537 g/mol. The zero-order valence-electron chi connectivity index (χ0n) is 23.3. The van der Waals surface area contributed by atoms with Gasteiger partial charge in [-0.05, 0) is 18.2 Å². The highest BCUT2D eigenvalue weighted by Gasteiger charge is 2.27. The van der Waals surface area contributed by atoms with Crippen LogP contribution < -0.4 is 24.8 Å². The van der Waals surface area contributed by atoms with E-state index in [0.29, 0.717) is 54.6 Å². The van der Waals surface area contributed by atoms with Gasteiger partial charge in [-0.3, -0.25) is 14.8 Å². The van der Waals surface area contributed by atoms with E-state index in [4.69, 9.17) is 14.2 Å². The zero-order valence-corrected chi connectivity index (χ0v) is 23.3. The molecule has 1 aromatic carbocycles. The minimum absolute atomic E-state index is 0.0562. The fraction of sp³-hybridized carbons (Fsp3) is 0.429. The normalized spacial score (nSPS) is 14.1. The quantitative estimate of drug-likeness (QED) is 0.458. The van der Waals surface area contributed by atoms with Gasteiger partial charge in [-0.1, -0.05) is 26.8 Å². The Morgan fingerprint density at radius 3 is 2.38 bits per heavy atom. The molecule has 1 aliphatic rings. The predicted molar refractivity (Wildman–Crippen MR) is 148 cm³/mol. The first-order chi connectivity index (χ1) is 18.6. The van der Waals surface area contributed by atoms with Crippen molar-refractivity contribution < 1.29 is 23.8 Å². The van der Waals surface area contributed by atoms with Gasteiger partial charge >= 0.3 is 6.03 Å². The number of urea groups is 1. The van der Waals surface area contributed by atoms with Crippen LogP contribution in [0.2, 0.25) is 0 Å². The van der Waals surface area contributed by atoms with Crippen molar-refractivity contribution in [3.8, 4) is 17.5 Å². The summed E-state index contributed by atoms with van der Waals surface area (Å²) in [6.07, 6.45) is 1.29. The molecule has 0 saturated carbocycles. The van der Waals surface area contributed by atoms with Crippen molar-refractivity contribution >= 4 is 23.4 Å². The van der Waals surface area contributed by atoms with E-state index in [0.717, 1.165) is 5.69 Å². The van der Waals surface area contributed by atoms with E-state index < -0.39 is 0 Å². The van der Waals surface area contributed by atoms with Gasteiger partial charge in [0.15, 0.2) is 0 Å². The Morgan fingerprint density at radius 1 is 1.00 bits per heavy atom. The number of amides is 3. The molecule has 0 radical (unpaired) electrons. The summed E-state index contributed by atoms with van der Waals surface area (Å²) in [5.74, 6) is 1.74. The number of hydrogen-bond donors (Lipinski definition) is 2. The van der Waals surface area contributed by atoms with Crippen LogP contribution in [0.1, 0.15) is 49.7 Å². The van der Waals surface area contributed by atoms with Crippen molar-refractivity contribution in [2.24, 2.45) is 7.05 Å². The maximum atomic E-state index is 13.1. The van der Waals surface area contributed by atoms with Gasteiger partial charge in [0.2, 0.25) is 11.8 Å². The monoisotopic (exact) mass is 536 g/mol. The smallest absolute Gasteiger partial charge is 0.324 e. The Hall–Kier alpha value is -4.28. The average Bonchev–Trinajstić information content (AvgIpc) is 3.28. The molecule has 1 fully saturated rings. The van der Waals surface area contributed by atoms with Crippen molar-refractivity contribution in [2.45, 2.75) is 45.1 Å². The molecule has 3 aromatic rings. The minimum Gasteiger partial charge on any atom is -0.490 e. The fourth-order valence-electron chi connectivity index (χ4n) is 4.27. The van der Waals surface area contributed by atoms with Crippen LogP contribution in [0.3, 0.4) is 0 Å². The number of piperidine rings is 1. The first-order valence-electron chi connectivity index (χ1n) is 12.8. The lowest BCUT2D eigenvalue weighted by Gasteiger charge is -2.32. The number of methoxy groups -OCH3 is 2. The molecular weight excluding hydrogens is 500 g/mol. The van der Waals surface area contributed by atoms with Crippen LogP contribution in [0.15, 0.2) is 42.5 Å². The third-order valence-corrected chi connectivity index (χ3v) is 6.48. The molecule has 0 bridgehead atoms. The second-order valence-electron chi connectivity index (χ2n) is 10.4. The topological polar surface area (TPSA) is 120 Å². The number of aromatic nitrogens is 3. The maximum absolute atomic E-state index is 13.1. The van der Waals surface area contributed by atoms with E-state index >= 15 is 0 Å². The summed E-state index contributed by atoms with van der Waals surface area (Å²) in [6.45, 7) is 7.30.